The van der Waals surface area contributed by atoms with Crippen LogP contribution in [-0.4, -0.2) is 17.6 Å². The first kappa shape index (κ1) is 10.7. The zero-order valence-electron chi connectivity index (χ0n) is 7.62. The highest BCUT2D eigenvalue weighted by molar-refractivity contribution is 5.73. The predicted octanol–water partition coefficient (Wildman–Crippen LogP) is 1.13. The maximum absolute atomic E-state index is 10.4. The van der Waals surface area contributed by atoms with Crippen molar-refractivity contribution in [2.75, 3.05) is 11.6 Å². The van der Waals surface area contributed by atoms with Crippen molar-refractivity contribution in [3.8, 4) is 6.07 Å². The van der Waals surface area contributed by atoms with E-state index in [1.807, 2.05) is 6.07 Å². The van der Waals surface area contributed by atoms with E-state index < -0.39 is 12.5 Å². The van der Waals surface area contributed by atoms with Crippen molar-refractivity contribution >= 4 is 11.7 Å². The van der Waals surface area contributed by atoms with Gasteiger partial charge in [-0.05, 0) is 24.3 Å². The quantitative estimate of drug-likeness (QED) is 0.587. The average Bonchev–Trinajstić information content (AvgIpc) is 2.26. The molecule has 0 aromatic heterocycles. The molecule has 6 heteroatoms. The van der Waals surface area contributed by atoms with Crippen LogP contribution in [0.2, 0.25) is 0 Å². The Morgan fingerprint density at radius 3 is 2.47 bits per heavy atom. The number of hydrogen-bond donors (Lipinski definition) is 1. The van der Waals surface area contributed by atoms with E-state index in [4.69, 9.17) is 10.4 Å². The van der Waals surface area contributed by atoms with Crippen molar-refractivity contribution in [2.24, 2.45) is 5.29 Å². The largest absolute Gasteiger partial charge is 0.480 e. The lowest BCUT2D eigenvalue weighted by atomic mass is 10.2. The van der Waals surface area contributed by atoms with Gasteiger partial charge in [-0.3, -0.25) is 4.79 Å². The van der Waals surface area contributed by atoms with Gasteiger partial charge in [0.1, 0.15) is 6.54 Å². The second-order valence-corrected chi connectivity index (χ2v) is 2.69. The summed E-state index contributed by atoms with van der Waals surface area (Å²) in [6.45, 7) is -0.505. The summed E-state index contributed by atoms with van der Waals surface area (Å²) < 4.78 is 0. The summed E-state index contributed by atoms with van der Waals surface area (Å²) in [5.41, 5.74) is 0.770. The highest BCUT2D eigenvalue weighted by Gasteiger charge is 2.10. The lowest BCUT2D eigenvalue weighted by Gasteiger charge is -2.11. The molecule has 0 amide bonds. The summed E-state index contributed by atoms with van der Waals surface area (Å²) in [5, 5.41) is 20.4. The van der Waals surface area contributed by atoms with Crippen LogP contribution < -0.4 is 5.01 Å². The van der Waals surface area contributed by atoms with Crippen LogP contribution in [0, 0.1) is 16.2 Å². The fourth-order valence-corrected chi connectivity index (χ4v) is 1.00. The normalized spacial score (nSPS) is 9.00. The van der Waals surface area contributed by atoms with Crippen LogP contribution in [-0.2, 0) is 4.79 Å². The zero-order valence-corrected chi connectivity index (χ0v) is 7.62. The van der Waals surface area contributed by atoms with Crippen molar-refractivity contribution in [1.29, 1.82) is 5.26 Å². The van der Waals surface area contributed by atoms with Crippen molar-refractivity contribution in [1.82, 2.24) is 0 Å². The molecule has 76 valence electrons. The molecule has 0 spiro atoms. The minimum atomic E-state index is -1.15. The molecule has 1 aromatic carbocycles. The van der Waals surface area contributed by atoms with Gasteiger partial charge in [-0.15, -0.1) is 4.91 Å². The van der Waals surface area contributed by atoms with Crippen molar-refractivity contribution in [3.05, 3.63) is 34.7 Å². The van der Waals surface area contributed by atoms with Gasteiger partial charge in [0.05, 0.1) is 22.6 Å². The molecular weight excluding hydrogens is 198 g/mol. The SMILES string of the molecule is N#Cc1ccc(N(CC(=O)O)N=O)cc1. The molecular formula is C9H7N3O3. The van der Waals surface area contributed by atoms with Crippen LogP contribution in [0.4, 0.5) is 5.69 Å². The lowest BCUT2D eigenvalue weighted by molar-refractivity contribution is -0.135. The molecule has 1 N–H and O–H groups in total. The summed E-state index contributed by atoms with van der Waals surface area (Å²) in [6.07, 6.45) is 0. The fourth-order valence-electron chi connectivity index (χ4n) is 1.00. The number of carboxylic acid groups (broad SMARTS) is 1. The number of anilines is 1. The number of carboxylic acids is 1. The standard InChI is InChI=1S/C9H7N3O3/c10-5-7-1-3-8(4-2-7)12(11-15)6-9(13)14/h1-4H,6H2,(H,13,14). The number of rotatable bonds is 4. The second kappa shape index (κ2) is 4.72. The Balaban J connectivity index is 2.88. The minimum absolute atomic E-state index is 0.339. The van der Waals surface area contributed by atoms with E-state index in [-0.39, 0.29) is 0 Å². The van der Waals surface area contributed by atoms with Gasteiger partial charge in [0.15, 0.2) is 0 Å². The molecule has 1 rings (SSSR count). The molecule has 15 heavy (non-hydrogen) atoms. The van der Waals surface area contributed by atoms with Gasteiger partial charge in [-0.1, -0.05) is 0 Å². The number of benzene rings is 1. The summed E-state index contributed by atoms with van der Waals surface area (Å²) in [5.74, 6) is -1.15. The van der Waals surface area contributed by atoms with Crippen LogP contribution in [0.3, 0.4) is 0 Å². The monoisotopic (exact) mass is 205 g/mol. The number of nitrogens with zero attached hydrogens (tertiary/aromatic N) is 3. The maximum Gasteiger partial charge on any atom is 0.325 e. The van der Waals surface area contributed by atoms with Crippen molar-refractivity contribution < 1.29 is 9.90 Å². The summed E-state index contributed by atoms with van der Waals surface area (Å²) >= 11 is 0. The molecule has 0 heterocycles. The Kier molecular flexibility index (Phi) is 3.35. The molecule has 0 radical (unpaired) electrons. The molecule has 0 bridgehead atoms. The summed E-state index contributed by atoms with van der Waals surface area (Å²) in [6, 6.07) is 7.79. The molecule has 1 aromatic rings. The third kappa shape index (κ3) is 2.77. The number of hydrogen-bond acceptors (Lipinski definition) is 4. The first-order chi connectivity index (χ1) is 7.17. The number of nitriles is 1. The molecule has 0 saturated carbocycles. The number of aliphatic carboxylic acids is 1. The molecule has 0 unspecified atom stereocenters. The van der Waals surface area contributed by atoms with E-state index in [1.165, 1.54) is 24.3 Å². The van der Waals surface area contributed by atoms with E-state index in [0.717, 1.165) is 5.01 Å². The van der Waals surface area contributed by atoms with Gasteiger partial charge in [0.25, 0.3) is 0 Å². The third-order valence-corrected chi connectivity index (χ3v) is 1.68. The minimum Gasteiger partial charge on any atom is -0.480 e. The lowest BCUT2D eigenvalue weighted by Crippen LogP contribution is -2.23. The molecule has 6 nitrogen and oxygen atoms in total. The first-order valence-electron chi connectivity index (χ1n) is 4.00. The second-order valence-electron chi connectivity index (χ2n) is 2.69. The molecule has 0 aliphatic heterocycles. The Labute approximate surface area is 85.3 Å². The molecule has 0 atom stereocenters. The topological polar surface area (TPSA) is 93.8 Å². The van der Waals surface area contributed by atoms with Gasteiger partial charge >= 0.3 is 5.97 Å². The molecule has 0 aliphatic rings. The first-order valence-corrected chi connectivity index (χ1v) is 4.00. The van der Waals surface area contributed by atoms with Gasteiger partial charge in [-0.25, -0.2) is 5.01 Å². The van der Waals surface area contributed by atoms with E-state index in [2.05, 4.69) is 5.29 Å². The highest BCUT2D eigenvalue weighted by Crippen LogP contribution is 2.14. The van der Waals surface area contributed by atoms with E-state index in [0.29, 0.717) is 11.3 Å². The van der Waals surface area contributed by atoms with E-state index in [9.17, 15) is 9.70 Å². The Morgan fingerprint density at radius 2 is 2.07 bits per heavy atom. The number of carbonyl (C=O) groups is 1. The Bertz CT molecular complexity index is 408. The van der Waals surface area contributed by atoms with Gasteiger partial charge in [0, 0.05) is 0 Å². The number of nitroso groups, excluding NO2 is 1. The van der Waals surface area contributed by atoms with Gasteiger partial charge in [-0.2, -0.15) is 5.26 Å². The Hall–Kier alpha value is -2.42. The predicted molar refractivity (Wildman–Crippen MR) is 51.9 cm³/mol. The molecule has 0 aliphatic carbocycles. The molecule has 0 saturated heterocycles. The van der Waals surface area contributed by atoms with Crippen LogP contribution in [0.15, 0.2) is 29.6 Å². The summed E-state index contributed by atoms with van der Waals surface area (Å²) in [4.78, 5) is 20.7. The molecule has 0 fully saturated rings. The summed E-state index contributed by atoms with van der Waals surface area (Å²) in [7, 11) is 0. The van der Waals surface area contributed by atoms with Crippen molar-refractivity contribution in [3.63, 3.8) is 0 Å². The third-order valence-electron chi connectivity index (χ3n) is 1.68. The van der Waals surface area contributed by atoms with E-state index >= 15 is 0 Å². The van der Waals surface area contributed by atoms with Crippen LogP contribution in [0.25, 0.3) is 0 Å². The average molecular weight is 205 g/mol. The Morgan fingerprint density at radius 1 is 1.47 bits per heavy atom. The maximum atomic E-state index is 10.4. The fraction of sp³-hybridized carbons (Fsp3) is 0.111. The van der Waals surface area contributed by atoms with Crippen LogP contribution in [0.5, 0.6) is 0 Å². The van der Waals surface area contributed by atoms with E-state index in [1.54, 1.807) is 0 Å². The highest BCUT2D eigenvalue weighted by atomic mass is 16.4. The van der Waals surface area contributed by atoms with Crippen LogP contribution >= 0.6 is 0 Å². The zero-order chi connectivity index (χ0) is 11.3. The smallest absolute Gasteiger partial charge is 0.325 e. The van der Waals surface area contributed by atoms with Gasteiger partial charge < -0.3 is 5.11 Å². The van der Waals surface area contributed by atoms with Crippen LogP contribution in [0.1, 0.15) is 5.56 Å². The van der Waals surface area contributed by atoms with Gasteiger partial charge in [0.2, 0.25) is 0 Å². The van der Waals surface area contributed by atoms with Crippen molar-refractivity contribution in [2.45, 2.75) is 0 Å².